The number of nitrogens with two attached hydrogens (primary N) is 1. The number of benzene rings is 1. The topological polar surface area (TPSA) is 64.4 Å². The highest BCUT2D eigenvalue weighted by molar-refractivity contribution is 5.80. The molecule has 3 rings (SSSR count). The number of nitrogens with one attached hydrogen (secondary N) is 1. The van der Waals surface area contributed by atoms with Crippen LogP contribution in [-0.2, 0) is 4.79 Å². The van der Waals surface area contributed by atoms with Crippen LogP contribution in [-0.4, -0.2) is 18.1 Å². The van der Waals surface area contributed by atoms with E-state index in [0.29, 0.717) is 18.7 Å². The van der Waals surface area contributed by atoms with Crippen molar-refractivity contribution in [2.45, 2.75) is 51.2 Å². The Morgan fingerprint density at radius 2 is 2.22 bits per heavy atom. The van der Waals surface area contributed by atoms with E-state index in [4.69, 9.17) is 10.5 Å². The number of hydrogen-bond donors (Lipinski definition) is 2. The number of halogens is 1. The quantitative estimate of drug-likeness (QED) is 0.900. The number of amides is 1. The molecule has 1 aliphatic carbocycles. The summed E-state index contributed by atoms with van der Waals surface area (Å²) < 4.78 is 19.4. The van der Waals surface area contributed by atoms with Gasteiger partial charge in [-0.25, -0.2) is 4.39 Å². The van der Waals surface area contributed by atoms with E-state index in [1.54, 1.807) is 6.07 Å². The lowest BCUT2D eigenvalue weighted by atomic mass is 9.88. The minimum Gasteiger partial charge on any atom is -0.487 e. The fourth-order valence-electron chi connectivity index (χ4n) is 3.90. The predicted octanol–water partition coefficient (Wildman–Crippen LogP) is 2.92. The van der Waals surface area contributed by atoms with Gasteiger partial charge in [0.2, 0.25) is 5.91 Å². The Kier molecular flexibility index (Phi) is 4.32. The van der Waals surface area contributed by atoms with Gasteiger partial charge >= 0.3 is 0 Å². The van der Waals surface area contributed by atoms with Crippen molar-refractivity contribution >= 4 is 5.91 Å². The van der Waals surface area contributed by atoms with E-state index in [1.807, 2.05) is 13.8 Å². The molecule has 1 aromatic carbocycles. The van der Waals surface area contributed by atoms with Crippen molar-refractivity contribution in [1.29, 1.82) is 0 Å². The average molecular weight is 320 g/mol. The first-order valence-electron chi connectivity index (χ1n) is 8.38. The molecule has 3 atom stereocenters. The molecule has 1 unspecified atom stereocenters. The van der Waals surface area contributed by atoms with Crippen LogP contribution in [0.4, 0.5) is 4.39 Å². The van der Waals surface area contributed by atoms with Crippen molar-refractivity contribution in [3.05, 3.63) is 29.6 Å². The Labute approximate surface area is 136 Å². The van der Waals surface area contributed by atoms with Crippen LogP contribution in [0.2, 0.25) is 0 Å². The molecular formula is C18H25FN2O2. The van der Waals surface area contributed by atoms with Gasteiger partial charge in [0, 0.05) is 24.0 Å². The lowest BCUT2D eigenvalue weighted by Crippen LogP contribution is -2.44. The zero-order valence-electron chi connectivity index (χ0n) is 13.8. The highest BCUT2D eigenvalue weighted by Gasteiger charge is 2.38. The molecule has 0 saturated heterocycles. The molecule has 1 amide bonds. The van der Waals surface area contributed by atoms with Crippen LogP contribution in [0.1, 0.15) is 51.1 Å². The maximum atomic E-state index is 13.5. The van der Waals surface area contributed by atoms with Crippen LogP contribution in [0.5, 0.6) is 5.75 Å². The molecule has 1 aromatic rings. The lowest BCUT2D eigenvalue weighted by Gasteiger charge is -2.38. The monoisotopic (exact) mass is 320 g/mol. The molecule has 1 heterocycles. The van der Waals surface area contributed by atoms with Crippen LogP contribution in [0.25, 0.3) is 0 Å². The van der Waals surface area contributed by atoms with Crippen LogP contribution in [0.3, 0.4) is 0 Å². The lowest BCUT2D eigenvalue weighted by molar-refractivity contribution is -0.127. The van der Waals surface area contributed by atoms with Gasteiger partial charge in [-0.1, -0.05) is 12.5 Å². The van der Waals surface area contributed by atoms with Gasteiger partial charge in [0.05, 0.1) is 6.04 Å². The second-order valence-corrected chi connectivity index (χ2v) is 7.34. The van der Waals surface area contributed by atoms with Crippen molar-refractivity contribution in [3.63, 3.8) is 0 Å². The van der Waals surface area contributed by atoms with E-state index in [9.17, 15) is 9.18 Å². The van der Waals surface area contributed by atoms with Gasteiger partial charge < -0.3 is 15.8 Å². The summed E-state index contributed by atoms with van der Waals surface area (Å²) in [5.41, 5.74) is 6.20. The number of hydrogen-bond acceptors (Lipinski definition) is 3. The third kappa shape index (κ3) is 3.34. The van der Waals surface area contributed by atoms with Gasteiger partial charge in [0.1, 0.15) is 17.2 Å². The summed E-state index contributed by atoms with van der Waals surface area (Å²) in [6.45, 7) is 4.47. The van der Waals surface area contributed by atoms with E-state index < -0.39 is 5.60 Å². The van der Waals surface area contributed by atoms with E-state index in [-0.39, 0.29) is 29.6 Å². The van der Waals surface area contributed by atoms with E-state index >= 15 is 0 Å². The zero-order chi connectivity index (χ0) is 16.6. The number of ether oxygens (including phenoxy) is 1. The molecule has 1 fully saturated rings. The summed E-state index contributed by atoms with van der Waals surface area (Å²) >= 11 is 0. The standard InChI is InChI=1S/C18H25FN2O2/c1-18(2)9-15(14-7-6-12(19)8-16(14)23-18)21-17(22)13-5-3-4-11(13)10-20/h6-8,11,13,15H,3-5,9-10,20H2,1-2H3,(H,21,22)/t11-,13-,15?/m1/s1. The second-order valence-electron chi connectivity index (χ2n) is 7.34. The molecule has 5 heteroatoms. The number of rotatable bonds is 3. The van der Waals surface area contributed by atoms with Crippen LogP contribution in [0, 0.1) is 17.7 Å². The largest absolute Gasteiger partial charge is 0.487 e. The Morgan fingerprint density at radius 3 is 2.96 bits per heavy atom. The summed E-state index contributed by atoms with van der Waals surface area (Å²) in [6.07, 6.45) is 3.64. The van der Waals surface area contributed by atoms with E-state index in [2.05, 4.69) is 5.32 Å². The van der Waals surface area contributed by atoms with Crippen molar-refractivity contribution < 1.29 is 13.9 Å². The Bertz CT molecular complexity index is 603. The van der Waals surface area contributed by atoms with Crippen molar-refractivity contribution in [2.24, 2.45) is 17.6 Å². The smallest absolute Gasteiger partial charge is 0.223 e. The molecule has 3 N–H and O–H groups in total. The van der Waals surface area contributed by atoms with Crippen LogP contribution < -0.4 is 15.8 Å². The number of fused-ring (bicyclic) bond motifs is 1. The van der Waals surface area contributed by atoms with E-state index in [0.717, 1.165) is 24.8 Å². The molecule has 0 aromatic heterocycles. The van der Waals surface area contributed by atoms with Gasteiger partial charge in [0.15, 0.2) is 0 Å². The highest BCUT2D eigenvalue weighted by atomic mass is 19.1. The third-order valence-corrected chi connectivity index (χ3v) is 5.05. The summed E-state index contributed by atoms with van der Waals surface area (Å²) in [4.78, 5) is 12.7. The molecule has 23 heavy (non-hydrogen) atoms. The van der Waals surface area contributed by atoms with E-state index in [1.165, 1.54) is 12.1 Å². The summed E-state index contributed by atoms with van der Waals surface area (Å²) in [7, 11) is 0. The average Bonchev–Trinajstić information content (AvgIpc) is 2.93. The van der Waals surface area contributed by atoms with Gasteiger partial charge in [-0.05, 0) is 45.2 Å². The molecule has 0 spiro atoms. The van der Waals surface area contributed by atoms with Crippen molar-refractivity contribution in [3.8, 4) is 5.75 Å². The van der Waals surface area contributed by atoms with Crippen LogP contribution >= 0.6 is 0 Å². The fraction of sp³-hybridized carbons (Fsp3) is 0.611. The maximum Gasteiger partial charge on any atom is 0.223 e. The fourth-order valence-corrected chi connectivity index (χ4v) is 3.90. The number of carbonyl (C=O) groups is 1. The predicted molar refractivity (Wildman–Crippen MR) is 86.5 cm³/mol. The molecule has 0 bridgehead atoms. The molecule has 2 aliphatic rings. The minimum absolute atomic E-state index is 0.00476. The van der Waals surface area contributed by atoms with Gasteiger partial charge in [-0.15, -0.1) is 0 Å². The Balaban J connectivity index is 1.81. The van der Waals surface area contributed by atoms with Crippen molar-refractivity contribution in [1.82, 2.24) is 5.32 Å². The first-order valence-corrected chi connectivity index (χ1v) is 8.38. The number of carbonyl (C=O) groups excluding carboxylic acids is 1. The summed E-state index contributed by atoms with van der Waals surface area (Å²) in [6, 6.07) is 4.37. The molecule has 126 valence electrons. The highest BCUT2D eigenvalue weighted by Crippen LogP contribution is 2.40. The molecule has 1 saturated carbocycles. The first kappa shape index (κ1) is 16.2. The first-order chi connectivity index (χ1) is 10.9. The summed E-state index contributed by atoms with van der Waals surface area (Å²) in [5, 5.41) is 3.16. The SMILES string of the molecule is CC1(C)CC(NC(=O)[C@@H]2CCC[C@@H]2CN)c2ccc(F)cc2O1. The van der Waals surface area contributed by atoms with Crippen LogP contribution in [0.15, 0.2) is 18.2 Å². The maximum absolute atomic E-state index is 13.5. The molecule has 0 radical (unpaired) electrons. The van der Waals surface area contributed by atoms with Gasteiger partial charge in [-0.2, -0.15) is 0 Å². The molecule has 1 aliphatic heterocycles. The Morgan fingerprint density at radius 1 is 1.43 bits per heavy atom. The zero-order valence-corrected chi connectivity index (χ0v) is 13.8. The van der Waals surface area contributed by atoms with Gasteiger partial charge in [-0.3, -0.25) is 4.79 Å². The Hall–Kier alpha value is -1.62. The van der Waals surface area contributed by atoms with Gasteiger partial charge in [0.25, 0.3) is 0 Å². The molecule has 4 nitrogen and oxygen atoms in total. The van der Waals surface area contributed by atoms with Crippen molar-refractivity contribution in [2.75, 3.05) is 6.54 Å². The molecular weight excluding hydrogens is 295 g/mol. The minimum atomic E-state index is -0.443. The third-order valence-electron chi connectivity index (χ3n) is 5.05. The second kappa shape index (κ2) is 6.11. The normalized spacial score (nSPS) is 28.8. The summed E-state index contributed by atoms with van der Waals surface area (Å²) in [5.74, 6) is 0.528.